The number of aliphatic hydroxyl groups excluding tert-OH is 1. The van der Waals surface area contributed by atoms with Crippen molar-refractivity contribution >= 4 is 23.1 Å². The first-order valence-electron chi connectivity index (χ1n) is 10.9. The van der Waals surface area contributed by atoms with Crippen LogP contribution in [0.1, 0.15) is 36.6 Å². The Hall–Kier alpha value is -4.20. The van der Waals surface area contributed by atoms with Crippen LogP contribution in [0, 0.1) is 18.6 Å². The highest BCUT2D eigenvalue weighted by Crippen LogP contribution is 2.43. The molecule has 1 aliphatic heterocycles. The highest BCUT2D eigenvalue weighted by molar-refractivity contribution is 6.51. The van der Waals surface area contributed by atoms with Crippen molar-refractivity contribution < 1.29 is 33.3 Å². The number of phenols is 1. The highest BCUT2D eigenvalue weighted by atomic mass is 19.1. The van der Waals surface area contributed by atoms with E-state index in [0.717, 1.165) is 23.1 Å². The summed E-state index contributed by atoms with van der Waals surface area (Å²) in [6.45, 7) is 5.51. The molecule has 1 saturated heterocycles. The molecule has 0 saturated carbocycles. The number of aryl methyl sites for hydroxylation is 1. The van der Waals surface area contributed by atoms with Crippen LogP contribution in [-0.2, 0) is 9.59 Å². The molecule has 3 aromatic rings. The van der Waals surface area contributed by atoms with Gasteiger partial charge in [-0.1, -0.05) is 12.1 Å². The van der Waals surface area contributed by atoms with Crippen LogP contribution in [0.4, 0.5) is 14.5 Å². The lowest BCUT2D eigenvalue weighted by molar-refractivity contribution is -0.132. The van der Waals surface area contributed by atoms with E-state index in [4.69, 9.17) is 4.74 Å². The Balaban J connectivity index is 1.93. The Bertz CT molecular complexity index is 1370. The zero-order chi connectivity index (χ0) is 25.4. The first-order chi connectivity index (χ1) is 16.6. The molecule has 1 heterocycles. The number of hydrogen-bond acceptors (Lipinski definition) is 5. The molecule has 0 radical (unpaired) electrons. The molecule has 35 heavy (non-hydrogen) atoms. The van der Waals surface area contributed by atoms with Crippen LogP contribution in [0.15, 0.2) is 66.2 Å². The number of nitrogens with zero attached hydrogens (tertiary/aromatic N) is 1. The van der Waals surface area contributed by atoms with Crippen molar-refractivity contribution in [2.75, 3.05) is 4.90 Å². The van der Waals surface area contributed by atoms with Gasteiger partial charge in [0.15, 0.2) is 0 Å². The summed E-state index contributed by atoms with van der Waals surface area (Å²) in [5.74, 6) is -4.02. The summed E-state index contributed by atoms with van der Waals surface area (Å²) < 4.78 is 34.5. The molecule has 8 heteroatoms. The fourth-order valence-electron chi connectivity index (χ4n) is 4.10. The molecule has 4 rings (SSSR count). The second-order valence-corrected chi connectivity index (χ2v) is 8.51. The first-order valence-corrected chi connectivity index (χ1v) is 10.9. The minimum atomic E-state index is -1.31. The Kier molecular flexibility index (Phi) is 6.30. The number of aliphatic hydroxyl groups is 1. The number of benzene rings is 3. The fourth-order valence-corrected chi connectivity index (χ4v) is 4.10. The zero-order valence-corrected chi connectivity index (χ0v) is 19.3. The Morgan fingerprint density at radius 2 is 1.77 bits per heavy atom. The summed E-state index contributed by atoms with van der Waals surface area (Å²) in [5.41, 5.74) is 0.368. The number of aromatic hydroxyl groups is 1. The van der Waals surface area contributed by atoms with Crippen LogP contribution >= 0.6 is 0 Å². The maximum absolute atomic E-state index is 14.7. The SMILES string of the molecule is Cc1cc(/C(O)=C2\C(=O)C(=O)N(c3cc(F)ccc3F)C2c2cccc(O)c2)ccc1OC(C)C. The molecular formula is C27H23F2NO5. The third kappa shape index (κ3) is 4.47. The van der Waals surface area contributed by atoms with Crippen LogP contribution in [0.5, 0.6) is 11.5 Å². The first kappa shape index (κ1) is 23.9. The lowest BCUT2D eigenvalue weighted by Gasteiger charge is -2.26. The van der Waals surface area contributed by atoms with Crippen molar-refractivity contribution in [2.24, 2.45) is 0 Å². The van der Waals surface area contributed by atoms with Gasteiger partial charge in [0.2, 0.25) is 0 Å². The van der Waals surface area contributed by atoms with Gasteiger partial charge in [0, 0.05) is 11.6 Å². The molecule has 0 aliphatic carbocycles. The number of phenolic OH excluding ortho intramolecular Hbond substituents is 1. The standard InChI is InChI=1S/C27H23F2NO5/c1-14(2)35-22-10-7-17(11-15(22)3)25(32)23-24(16-5-4-6-19(31)12-16)30(27(34)26(23)33)21-13-18(28)8-9-20(21)29/h4-14,24,31-32H,1-3H3/b25-23+. The molecule has 1 aliphatic rings. The molecular weight excluding hydrogens is 456 g/mol. The predicted molar refractivity (Wildman–Crippen MR) is 126 cm³/mol. The third-order valence-electron chi connectivity index (χ3n) is 5.61. The quantitative estimate of drug-likeness (QED) is 0.291. The third-order valence-corrected chi connectivity index (χ3v) is 5.61. The summed E-state index contributed by atoms with van der Waals surface area (Å²) in [4.78, 5) is 27.0. The van der Waals surface area contributed by atoms with Crippen molar-refractivity contribution in [3.63, 3.8) is 0 Å². The van der Waals surface area contributed by atoms with Crippen LogP contribution < -0.4 is 9.64 Å². The summed E-state index contributed by atoms with van der Waals surface area (Å²) in [6, 6.07) is 11.7. The molecule has 2 N–H and O–H groups in total. The second-order valence-electron chi connectivity index (χ2n) is 8.51. The zero-order valence-electron chi connectivity index (χ0n) is 19.3. The Morgan fingerprint density at radius 3 is 2.43 bits per heavy atom. The average Bonchev–Trinajstić information content (AvgIpc) is 3.06. The van der Waals surface area contributed by atoms with Crippen molar-refractivity contribution in [2.45, 2.75) is 32.9 Å². The Labute approximate surface area is 200 Å². The van der Waals surface area contributed by atoms with E-state index in [0.29, 0.717) is 11.3 Å². The maximum Gasteiger partial charge on any atom is 0.300 e. The molecule has 1 amide bonds. The number of anilines is 1. The molecule has 1 fully saturated rings. The normalized spacial score (nSPS) is 17.3. The number of ether oxygens (including phenoxy) is 1. The largest absolute Gasteiger partial charge is 0.508 e. The summed E-state index contributed by atoms with van der Waals surface area (Å²) >= 11 is 0. The molecule has 0 aromatic heterocycles. The van der Waals surface area contributed by atoms with E-state index in [1.807, 2.05) is 13.8 Å². The number of carbonyl (C=O) groups is 2. The van der Waals surface area contributed by atoms with Crippen LogP contribution in [0.2, 0.25) is 0 Å². The number of halogens is 2. The van der Waals surface area contributed by atoms with Gasteiger partial charge in [0.05, 0.1) is 23.4 Å². The second kappa shape index (κ2) is 9.21. The number of carbonyl (C=O) groups excluding carboxylic acids is 2. The van der Waals surface area contributed by atoms with E-state index in [1.54, 1.807) is 19.1 Å². The van der Waals surface area contributed by atoms with Gasteiger partial charge in [0.25, 0.3) is 11.7 Å². The van der Waals surface area contributed by atoms with E-state index in [2.05, 4.69) is 0 Å². The molecule has 1 unspecified atom stereocenters. The van der Waals surface area contributed by atoms with E-state index in [-0.39, 0.29) is 28.6 Å². The van der Waals surface area contributed by atoms with Crippen molar-refractivity contribution in [1.82, 2.24) is 0 Å². The maximum atomic E-state index is 14.7. The van der Waals surface area contributed by atoms with E-state index in [1.165, 1.54) is 30.3 Å². The molecule has 180 valence electrons. The summed E-state index contributed by atoms with van der Waals surface area (Å²) in [5, 5.41) is 21.2. The van der Waals surface area contributed by atoms with Crippen molar-refractivity contribution in [1.29, 1.82) is 0 Å². The molecule has 6 nitrogen and oxygen atoms in total. The van der Waals surface area contributed by atoms with Gasteiger partial charge in [0.1, 0.15) is 28.9 Å². The fraction of sp³-hybridized carbons (Fsp3) is 0.185. The van der Waals surface area contributed by atoms with E-state index < -0.39 is 40.8 Å². The number of hydrogen-bond donors (Lipinski definition) is 2. The van der Waals surface area contributed by atoms with Gasteiger partial charge < -0.3 is 14.9 Å². The molecule has 3 aromatic carbocycles. The number of amides is 1. The Morgan fingerprint density at radius 1 is 1.03 bits per heavy atom. The summed E-state index contributed by atoms with van der Waals surface area (Å²) in [7, 11) is 0. The average molecular weight is 479 g/mol. The number of Topliss-reactive ketones (excluding diaryl/α,β-unsaturated/α-hetero) is 1. The molecule has 1 atom stereocenters. The van der Waals surface area contributed by atoms with E-state index >= 15 is 0 Å². The van der Waals surface area contributed by atoms with Crippen LogP contribution in [0.25, 0.3) is 5.76 Å². The van der Waals surface area contributed by atoms with Crippen LogP contribution in [0.3, 0.4) is 0 Å². The minimum absolute atomic E-state index is 0.0783. The van der Waals surface area contributed by atoms with Gasteiger partial charge in [-0.2, -0.15) is 0 Å². The van der Waals surface area contributed by atoms with Gasteiger partial charge in [-0.15, -0.1) is 0 Å². The topological polar surface area (TPSA) is 87.1 Å². The van der Waals surface area contributed by atoms with Crippen LogP contribution in [-0.4, -0.2) is 28.0 Å². The highest BCUT2D eigenvalue weighted by Gasteiger charge is 2.48. The predicted octanol–water partition coefficient (Wildman–Crippen LogP) is 5.39. The lowest BCUT2D eigenvalue weighted by Crippen LogP contribution is -2.30. The molecule has 0 bridgehead atoms. The monoisotopic (exact) mass is 479 g/mol. The number of rotatable bonds is 5. The molecule has 0 spiro atoms. The lowest BCUT2D eigenvalue weighted by atomic mass is 9.94. The van der Waals surface area contributed by atoms with Gasteiger partial charge in [-0.25, -0.2) is 8.78 Å². The number of ketones is 1. The van der Waals surface area contributed by atoms with Gasteiger partial charge in [-0.3, -0.25) is 14.5 Å². The smallest absolute Gasteiger partial charge is 0.300 e. The van der Waals surface area contributed by atoms with Gasteiger partial charge in [-0.05, 0) is 74.4 Å². The van der Waals surface area contributed by atoms with E-state index in [9.17, 15) is 28.6 Å². The van der Waals surface area contributed by atoms with Crippen molar-refractivity contribution in [3.05, 3.63) is 94.6 Å². The summed E-state index contributed by atoms with van der Waals surface area (Å²) in [6.07, 6.45) is -0.0783. The minimum Gasteiger partial charge on any atom is -0.508 e. The van der Waals surface area contributed by atoms with Gasteiger partial charge >= 0.3 is 0 Å². The van der Waals surface area contributed by atoms with Crippen molar-refractivity contribution in [3.8, 4) is 11.5 Å².